The van der Waals surface area contributed by atoms with E-state index in [1.807, 2.05) is 56.5 Å². The summed E-state index contributed by atoms with van der Waals surface area (Å²) in [5.74, 6) is -0.119. The average molecular weight is 328 g/mol. The number of anilines is 1. The molecule has 1 aromatic carbocycles. The Morgan fingerprint density at radius 3 is 2.50 bits per heavy atom. The third-order valence-electron chi connectivity index (χ3n) is 3.74. The lowest BCUT2D eigenvalue weighted by molar-refractivity contribution is -0.113. The Hall–Kier alpha value is -1.85. The number of amidine groups is 1. The number of carbonyl (C=O) groups is 1. The zero-order chi connectivity index (χ0) is 15.9. The Balaban J connectivity index is 1.96. The normalized spacial score (nSPS) is 16.9. The summed E-state index contributed by atoms with van der Waals surface area (Å²) >= 11 is 2.83. The molecular formula is C17H16N2OS2. The van der Waals surface area contributed by atoms with E-state index in [-0.39, 0.29) is 11.1 Å². The number of nitrogens with zero attached hydrogens (tertiary/aromatic N) is 1. The number of hydrogen-bond donors (Lipinski definition) is 1. The van der Waals surface area contributed by atoms with Crippen molar-refractivity contribution >= 4 is 45.9 Å². The fourth-order valence-corrected chi connectivity index (χ4v) is 4.01. The second-order valence-electron chi connectivity index (χ2n) is 5.29. The lowest BCUT2D eigenvalue weighted by Gasteiger charge is -2.15. The maximum absolute atomic E-state index is 12.7. The van der Waals surface area contributed by atoms with E-state index in [0.717, 1.165) is 21.7 Å². The standard InChI is InChI=1S/C17H16N2OS2/c1-10-4-5-13(8-12(10)3)19-16(20)15(22-17(19)18)9-14-11(2)6-7-21-14/h4-9,18H,1-3H3/b15-9+,18-17?. The highest BCUT2D eigenvalue weighted by Crippen LogP contribution is 2.36. The first-order chi connectivity index (χ1) is 10.5. The molecule has 1 amide bonds. The summed E-state index contributed by atoms with van der Waals surface area (Å²) in [5, 5.41) is 10.4. The molecule has 3 nitrogen and oxygen atoms in total. The van der Waals surface area contributed by atoms with Crippen LogP contribution in [0, 0.1) is 26.2 Å². The predicted molar refractivity (Wildman–Crippen MR) is 95.8 cm³/mol. The molecule has 0 unspecified atom stereocenters. The molecule has 1 saturated heterocycles. The minimum Gasteiger partial charge on any atom is -0.278 e. The third kappa shape index (κ3) is 2.62. The van der Waals surface area contributed by atoms with Crippen LogP contribution in [-0.4, -0.2) is 11.1 Å². The molecule has 1 fully saturated rings. The summed E-state index contributed by atoms with van der Waals surface area (Å²) < 4.78 is 0. The van der Waals surface area contributed by atoms with Gasteiger partial charge in [0.05, 0.1) is 10.6 Å². The van der Waals surface area contributed by atoms with E-state index >= 15 is 0 Å². The van der Waals surface area contributed by atoms with Gasteiger partial charge in [0.2, 0.25) is 0 Å². The van der Waals surface area contributed by atoms with Gasteiger partial charge in [-0.1, -0.05) is 6.07 Å². The highest BCUT2D eigenvalue weighted by molar-refractivity contribution is 8.19. The van der Waals surface area contributed by atoms with Gasteiger partial charge in [0.15, 0.2) is 5.17 Å². The third-order valence-corrected chi connectivity index (χ3v) is 5.59. The molecule has 3 rings (SSSR count). The van der Waals surface area contributed by atoms with Crippen LogP contribution in [0.4, 0.5) is 5.69 Å². The van der Waals surface area contributed by atoms with Gasteiger partial charge in [0.1, 0.15) is 0 Å². The molecule has 1 aromatic heterocycles. The van der Waals surface area contributed by atoms with Crippen molar-refractivity contribution in [3.63, 3.8) is 0 Å². The minimum atomic E-state index is -0.119. The molecule has 2 heterocycles. The van der Waals surface area contributed by atoms with Crippen molar-refractivity contribution in [2.75, 3.05) is 4.90 Å². The quantitative estimate of drug-likeness (QED) is 0.810. The van der Waals surface area contributed by atoms with Gasteiger partial charge >= 0.3 is 0 Å². The highest BCUT2D eigenvalue weighted by Gasteiger charge is 2.33. The van der Waals surface area contributed by atoms with Crippen LogP contribution in [0.25, 0.3) is 6.08 Å². The fourth-order valence-electron chi connectivity index (χ4n) is 2.24. The van der Waals surface area contributed by atoms with Crippen LogP contribution < -0.4 is 4.90 Å². The molecule has 0 aliphatic carbocycles. The molecule has 5 heteroatoms. The van der Waals surface area contributed by atoms with Crippen LogP contribution in [0.1, 0.15) is 21.6 Å². The monoisotopic (exact) mass is 328 g/mol. The SMILES string of the molecule is Cc1ccc(N2C(=N)S/C(=C/c3sccc3C)C2=O)cc1C. The molecule has 2 aromatic rings. The zero-order valence-corrected chi connectivity index (χ0v) is 14.3. The van der Waals surface area contributed by atoms with Gasteiger partial charge in [-0.05, 0) is 78.9 Å². The minimum absolute atomic E-state index is 0.119. The Labute approximate surface area is 138 Å². The second-order valence-corrected chi connectivity index (χ2v) is 7.27. The molecule has 0 saturated carbocycles. The van der Waals surface area contributed by atoms with Crippen LogP contribution in [0.5, 0.6) is 0 Å². The summed E-state index contributed by atoms with van der Waals surface area (Å²) in [4.78, 5) is 15.8. The van der Waals surface area contributed by atoms with Crippen LogP contribution in [0.15, 0.2) is 34.6 Å². The number of amides is 1. The van der Waals surface area contributed by atoms with Gasteiger partial charge in [-0.3, -0.25) is 15.1 Å². The number of rotatable bonds is 2. The van der Waals surface area contributed by atoms with Gasteiger partial charge in [0.25, 0.3) is 5.91 Å². The predicted octanol–water partition coefficient (Wildman–Crippen LogP) is 4.73. The lowest BCUT2D eigenvalue weighted by Crippen LogP contribution is -2.28. The molecule has 1 N–H and O–H groups in total. The van der Waals surface area contributed by atoms with Crippen LogP contribution in [0.3, 0.4) is 0 Å². The van der Waals surface area contributed by atoms with Gasteiger partial charge < -0.3 is 0 Å². The number of hydrogen-bond acceptors (Lipinski definition) is 4. The second kappa shape index (κ2) is 5.74. The van der Waals surface area contributed by atoms with E-state index in [1.165, 1.54) is 22.2 Å². The molecule has 22 heavy (non-hydrogen) atoms. The Morgan fingerprint density at radius 2 is 1.86 bits per heavy atom. The molecule has 0 radical (unpaired) electrons. The first-order valence-corrected chi connectivity index (χ1v) is 8.61. The number of benzene rings is 1. The summed E-state index contributed by atoms with van der Waals surface area (Å²) in [7, 11) is 0. The van der Waals surface area contributed by atoms with Crippen LogP contribution in [-0.2, 0) is 4.79 Å². The maximum Gasteiger partial charge on any atom is 0.271 e. The summed E-state index contributed by atoms with van der Waals surface area (Å²) in [6, 6.07) is 7.88. The largest absolute Gasteiger partial charge is 0.278 e. The first kappa shape index (κ1) is 15.1. The Bertz CT molecular complexity index is 805. The Morgan fingerprint density at radius 1 is 1.09 bits per heavy atom. The van der Waals surface area contributed by atoms with E-state index < -0.39 is 0 Å². The van der Waals surface area contributed by atoms with E-state index in [1.54, 1.807) is 11.3 Å². The van der Waals surface area contributed by atoms with Gasteiger partial charge in [-0.2, -0.15) is 0 Å². The lowest BCUT2D eigenvalue weighted by atomic mass is 10.1. The fraction of sp³-hybridized carbons (Fsp3) is 0.176. The number of nitrogens with one attached hydrogen (secondary N) is 1. The molecule has 0 atom stereocenters. The van der Waals surface area contributed by atoms with Crippen LogP contribution >= 0.6 is 23.1 Å². The van der Waals surface area contributed by atoms with Gasteiger partial charge in [0, 0.05) is 4.88 Å². The van der Waals surface area contributed by atoms with Crippen LogP contribution in [0.2, 0.25) is 0 Å². The molecule has 1 aliphatic heterocycles. The summed E-state index contributed by atoms with van der Waals surface area (Å²) in [6.07, 6.45) is 1.89. The smallest absolute Gasteiger partial charge is 0.271 e. The van der Waals surface area contributed by atoms with Gasteiger partial charge in [-0.15, -0.1) is 11.3 Å². The van der Waals surface area contributed by atoms with Crippen molar-refractivity contribution in [3.8, 4) is 0 Å². The van der Waals surface area contributed by atoms with Gasteiger partial charge in [-0.25, -0.2) is 0 Å². The Kier molecular flexibility index (Phi) is 3.93. The molecular weight excluding hydrogens is 312 g/mol. The number of thiophene rings is 1. The average Bonchev–Trinajstić information content (AvgIpc) is 2.99. The van der Waals surface area contributed by atoms with Crippen molar-refractivity contribution in [1.29, 1.82) is 5.41 Å². The molecule has 0 spiro atoms. The number of carbonyl (C=O) groups excluding carboxylic acids is 1. The van der Waals surface area contributed by atoms with Crippen molar-refractivity contribution in [3.05, 3.63) is 56.1 Å². The number of thioether (sulfide) groups is 1. The van der Waals surface area contributed by atoms with Crippen molar-refractivity contribution in [1.82, 2.24) is 0 Å². The van der Waals surface area contributed by atoms with E-state index in [0.29, 0.717) is 4.91 Å². The highest BCUT2D eigenvalue weighted by atomic mass is 32.2. The summed E-state index contributed by atoms with van der Waals surface area (Å²) in [6.45, 7) is 6.08. The zero-order valence-electron chi connectivity index (χ0n) is 12.6. The van der Waals surface area contributed by atoms with Crippen molar-refractivity contribution in [2.24, 2.45) is 0 Å². The molecule has 112 valence electrons. The maximum atomic E-state index is 12.7. The van der Waals surface area contributed by atoms with E-state index in [4.69, 9.17) is 5.41 Å². The van der Waals surface area contributed by atoms with Crippen molar-refractivity contribution < 1.29 is 4.79 Å². The van der Waals surface area contributed by atoms with E-state index in [9.17, 15) is 4.79 Å². The molecule has 1 aliphatic rings. The topological polar surface area (TPSA) is 44.2 Å². The first-order valence-electron chi connectivity index (χ1n) is 6.91. The van der Waals surface area contributed by atoms with E-state index in [2.05, 4.69) is 0 Å². The van der Waals surface area contributed by atoms with Crippen molar-refractivity contribution in [2.45, 2.75) is 20.8 Å². The number of aryl methyl sites for hydroxylation is 3. The summed E-state index contributed by atoms with van der Waals surface area (Å²) in [5.41, 5.74) is 4.22. The molecule has 0 bridgehead atoms.